The monoisotopic (exact) mass is 690 g/mol. The molecule has 4 aromatic rings. The van der Waals surface area contributed by atoms with Crippen molar-refractivity contribution in [2.75, 3.05) is 76.3 Å². The number of carbonyl (C=O) groups is 1. The average molecular weight is 691 g/mol. The molecule has 1 saturated carbocycles. The maximum absolute atomic E-state index is 14.0. The highest BCUT2D eigenvalue weighted by molar-refractivity contribution is 6.06. The minimum absolute atomic E-state index is 0.0441. The molecule has 3 fully saturated rings. The molecular formula is C37H45F3N8O2. The van der Waals surface area contributed by atoms with Gasteiger partial charge in [-0.3, -0.25) is 9.89 Å². The first-order chi connectivity index (χ1) is 23.9. The van der Waals surface area contributed by atoms with Crippen molar-refractivity contribution >= 4 is 39.5 Å². The second-order valence-electron chi connectivity index (χ2n) is 14.4. The molecular weight excluding hydrogens is 645 g/mol. The summed E-state index contributed by atoms with van der Waals surface area (Å²) in [5, 5.41) is 8.82. The molecule has 0 unspecified atom stereocenters. The van der Waals surface area contributed by atoms with E-state index in [9.17, 15) is 18.0 Å². The van der Waals surface area contributed by atoms with Gasteiger partial charge in [-0.25, -0.2) is 4.98 Å². The smallest absolute Gasteiger partial charge is 0.422 e. The van der Waals surface area contributed by atoms with Crippen molar-refractivity contribution < 1.29 is 22.7 Å². The Labute approximate surface area is 290 Å². The van der Waals surface area contributed by atoms with Crippen LogP contribution < -0.4 is 14.5 Å². The number of likely N-dealkylation sites (N-methyl/N-ethyl adjacent to an activating group) is 2. The lowest BCUT2D eigenvalue weighted by Crippen LogP contribution is -2.61. The first kappa shape index (κ1) is 34.1. The number of amides is 1. The van der Waals surface area contributed by atoms with Crippen LogP contribution in [0.2, 0.25) is 0 Å². The number of benzene rings is 2. The second kappa shape index (κ2) is 13.1. The Bertz CT molecular complexity index is 1920. The van der Waals surface area contributed by atoms with Crippen molar-refractivity contribution in [1.29, 1.82) is 0 Å². The molecule has 2 saturated heterocycles. The SMILES string of the molecule is C=CC(=O)N1CC2(CCN(c3nc(N(C)CCN(C)CC)nc4c(OCC(F)(F)F)c(-c5c(C)ccc6[nH]ncc56)c(C5CC5)cc34)CC2)C1. The number of carbonyl (C=O) groups excluding carboxylic acids is 1. The Morgan fingerprint density at radius 2 is 1.86 bits per heavy atom. The summed E-state index contributed by atoms with van der Waals surface area (Å²) in [5.41, 5.74) is 4.54. The third-order valence-corrected chi connectivity index (χ3v) is 10.8. The third-order valence-electron chi connectivity index (χ3n) is 10.8. The van der Waals surface area contributed by atoms with E-state index in [0.29, 0.717) is 61.0 Å². The molecule has 1 aliphatic carbocycles. The van der Waals surface area contributed by atoms with Crippen molar-refractivity contribution in [3.05, 3.63) is 48.2 Å². The number of piperidine rings is 1. The summed E-state index contributed by atoms with van der Waals surface area (Å²) >= 11 is 0. The zero-order valence-corrected chi connectivity index (χ0v) is 29.2. The fourth-order valence-electron chi connectivity index (χ4n) is 7.50. The van der Waals surface area contributed by atoms with Crippen LogP contribution in [0, 0.1) is 12.3 Å². The molecule has 266 valence electrons. The van der Waals surface area contributed by atoms with Crippen LogP contribution in [0.25, 0.3) is 32.9 Å². The summed E-state index contributed by atoms with van der Waals surface area (Å²) in [7, 11) is 3.97. The first-order valence-corrected chi connectivity index (χ1v) is 17.5. The van der Waals surface area contributed by atoms with Gasteiger partial charge in [-0.05, 0) is 87.0 Å². The normalized spacial score (nSPS) is 17.5. The van der Waals surface area contributed by atoms with Gasteiger partial charge in [-0.1, -0.05) is 19.6 Å². The number of alkyl halides is 3. The molecule has 1 N–H and O–H groups in total. The van der Waals surface area contributed by atoms with E-state index in [1.807, 2.05) is 43.0 Å². The van der Waals surface area contributed by atoms with Crippen LogP contribution in [0.5, 0.6) is 5.75 Å². The molecule has 50 heavy (non-hydrogen) atoms. The Balaban J connectivity index is 1.40. The predicted molar refractivity (Wildman–Crippen MR) is 190 cm³/mol. The zero-order chi connectivity index (χ0) is 35.4. The van der Waals surface area contributed by atoms with Crippen molar-refractivity contribution in [2.24, 2.45) is 5.41 Å². The summed E-state index contributed by atoms with van der Waals surface area (Å²) in [6, 6.07) is 6.02. The Kier molecular flexibility index (Phi) is 8.90. The van der Waals surface area contributed by atoms with Crippen LogP contribution >= 0.6 is 0 Å². The van der Waals surface area contributed by atoms with Crippen molar-refractivity contribution in [1.82, 2.24) is 30.0 Å². The number of nitrogens with zero attached hydrogens (tertiary/aromatic N) is 7. The number of hydrogen-bond donors (Lipinski definition) is 1. The number of likely N-dealkylation sites (tertiary alicyclic amines) is 1. The molecule has 0 bridgehead atoms. The molecule has 2 aromatic carbocycles. The Morgan fingerprint density at radius 1 is 1.12 bits per heavy atom. The quantitative estimate of drug-likeness (QED) is 0.183. The summed E-state index contributed by atoms with van der Waals surface area (Å²) < 4.78 is 47.9. The van der Waals surface area contributed by atoms with Gasteiger partial charge in [-0.15, -0.1) is 0 Å². The van der Waals surface area contributed by atoms with E-state index >= 15 is 0 Å². The largest absolute Gasteiger partial charge is 0.481 e. The number of ether oxygens (including phenoxy) is 1. The Morgan fingerprint density at radius 3 is 2.52 bits per heavy atom. The summed E-state index contributed by atoms with van der Waals surface area (Å²) in [6.07, 6.45) is 2.16. The third kappa shape index (κ3) is 6.47. The molecule has 4 heterocycles. The molecule has 10 nitrogen and oxygen atoms in total. The van der Waals surface area contributed by atoms with Crippen LogP contribution in [-0.2, 0) is 4.79 Å². The topological polar surface area (TPSA) is 93.7 Å². The number of nitrogens with one attached hydrogen (secondary N) is 1. The van der Waals surface area contributed by atoms with E-state index in [1.54, 1.807) is 6.20 Å². The minimum atomic E-state index is -4.55. The lowest BCUT2D eigenvalue weighted by Gasteiger charge is -2.54. The molecule has 1 amide bonds. The number of aromatic amines is 1. The maximum Gasteiger partial charge on any atom is 0.422 e. The van der Waals surface area contributed by atoms with Crippen molar-refractivity contribution in [2.45, 2.75) is 51.6 Å². The number of halogens is 3. The van der Waals surface area contributed by atoms with Gasteiger partial charge in [-0.2, -0.15) is 23.3 Å². The van der Waals surface area contributed by atoms with Gasteiger partial charge in [0.05, 0.1) is 11.7 Å². The summed E-state index contributed by atoms with van der Waals surface area (Å²) in [6.45, 7) is 11.3. The van der Waals surface area contributed by atoms with Gasteiger partial charge >= 0.3 is 6.18 Å². The second-order valence-corrected chi connectivity index (χ2v) is 14.4. The fourth-order valence-corrected chi connectivity index (χ4v) is 7.50. The molecule has 2 aromatic heterocycles. The number of anilines is 2. The fraction of sp³-hybridized carbons (Fsp3) is 0.514. The predicted octanol–water partition coefficient (Wildman–Crippen LogP) is 6.30. The molecule has 7 rings (SSSR count). The van der Waals surface area contributed by atoms with Gasteiger partial charge in [0.1, 0.15) is 11.3 Å². The lowest BCUT2D eigenvalue weighted by atomic mass is 9.72. The van der Waals surface area contributed by atoms with Crippen LogP contribution in [0.3, 0.4) is 0 Å². The summed E-state index contributed by atoms with van der Waals surface area (Å²) in [5.74, 6) is 1.41. The number of aryl methyl sites for hydroxylation is 1. The zero-order valence-electron chi connectivity index (χ0n) is 29.2. The van der Waals surface area contributed by atoms with Gasteiger partial charge < -0.3 is 24.3 Å². The lowest BCUT2D eigenvalue weighted by molar-refractivity contribution is -0.153. The standard InChI is InChI=1S/C37H45F3N8O2/c1-6-29(49)48-20-36(21-48)12-14-47(15-13-36)34-26-18-25(24-9-10-24)31(30-23(3)8-11-28-27(30)19-41-44-28)33(50-22-37(38,39)40)32(26)42-35(43-34)46(5)17-16-45(4)7-2/h6,8,11,18-19,24H,1,7,9-10,12-17,20-22H2,2-5H3,(H,41,44). The maximum atomic E-state index is 14.0. The van der Waals surface area contributed by atoms with Gasteiger partial charge in [0.15, 0.2) is 12.4 Å². The molecule has 0 atom stereocenters. The van der Waals surface area contributed by atoms with Crippen molar-refractivity contribution in [3.8, 4) is 16.9 Å². The van der Waals surface area contributed by atoms with Crippen LogP contribution in [0.15, 0.2) is 37.1 Å². The van der Waals surface area contributed by atoms with E-state index < -0.39 is 12.8 Å². The molecule has 3 aliphatic rings. The van der Waals surface area contributed by atoms with E-state index in [-0.39, 0.29) is 23.0 Å². The molecule has 2 aliphatic heterocycles. The van der Waals surface area contributed by atoms with Crippen LogP contribution in [0.4, 0.5) is 24.9 Å². The number of fused-ring (bicyclic) bond motifs is 2. The number of aromatic nitrogens is 4. The number of H-pyrrole nitrogens is 1. The number of hydrogen-bond acceptors (Lipinski definition) is 8. The first-order valence-electron chi connectivity index (χ1n) is 17.5. The summed E-state index contributed by atoms with van der Waals surface area (Å²) in [4.78, 5) is 30.6. The van der Waals surface area contributed by atoms with Gasteiger partial charge in [0.2, 0.25) is 11.9 Å². The van der Waals surface area contributed by atoms with E-state index in [0.717, 1.165) is 66.4 Å². The molecule has 0 radical (unpaired) electrons. The van der Waals surface area contributed by atoms with E-state index in [2.05, 4.69) is 39.6 Å². The van der Waals surface area contributed by atoms with Crippen LogP contribution in [0.1, 0.15) is 49.7 Å². The highest BCUT2D eigenvalue weighted by atomic mass is 19.4. The number of rotatable bonds is 11. The molecule has 1 spiro atoms. The van der Waals surface area contributed by atoms with Gasteiger partial charge in [0, 0.05) is 68.1 Å². The van der Waals surface area contributed by atoms with Gasteiger partial charge in [0.25, 0.3) is 0 Å². The van der Waals surface area contributed by atoms with E-state index in [4.69, 9.17) is 14.7 Å². The Hall–Kier alpha value is -4.39. The van der Waals surface area contributed by atoms with Crippen molar-refractivity contribution in [3.63, 3.8) is 0 Å². The molecule has 13 heteroatoms. The van der Waals surface area contributed by atoms with Crippen LogP contribution in [-0.4, -0.2) is 109 Å². The highest BCUT2D eigenvalue weighted by Crippen LogP contribution is 2.53. The highest BCUT2D eigenvalue weighted by Gasteiger charge is 2.46. The average Bonchev–Trinajstić information content (AvgIpc) is 3.83. The minimum Gasteiger partial charge on any atom is -0.481 e. The van der Waals surface area contributed by atoms with E-state index in [1.165, 1.54) is 6.08 Å².